The third kappa shape index (κ3) is 6.41. The van der Waals surface area contributed by atoms with E-state index >= 15 is 0 Å². The van der Waals surface area contributed by atoms with Gasteiger partial charge in [0.1, 0.15) is 24.8 Å². The number of alkyl carbamates (subject to hydrolysis) is 1. The Morgan fingerprint density at radius 3 is 2.52 bits per heavy atom. The molecule has 0 aliphatic heterocycles. The standard InChI is InChI=1S/C25H28FN3O4/c1-25(2,3)22(29-24(32)33-15-16-7-5-4-6-8-16)23(31)28-19(14-30)11-17-13-27-21-10-9-18(26)12-20(17)21/h4-10,12-14,19,22,27H,11,15H2,1-3H3,(H,28,31)(H,29,32)/t19?,22-/m1/s1. The van der Waals surface area contributed by atoms with Gasteiger partial charge in [-0.05, 0) is 34.7 Å². The number of aromatic amines is 1. The number of fused-ring (bicyclic) bond motifs is 1. The summed E-state index contributed by atoms with van der Waals surface area (Å²) in [6.45, 7) is 5.46. The van der Waals surface area contributed by atoms with Crippen molar-refractivity contribution in [2.45, 2.75) is 45.9 Å². The molecule has 2 amide bonds. The number of hydrogen-bond donors (Lipinski definition) is 3. The maximum absolute atomic E-state index is 13.6. The van der Waals surface area contributed by atoms with E-state index in [4.69, 9.17) is 4.74 Å². The second kappa shape index (κ2) is 10.3. The van der Waals surface area contributed by atoms with Crippen LogP contribution in [0.5, 0.6) is 0 Å². The van der Waals surface area contributed by atoms with E-state index in [9.17, 15) is 18.8 Å². The molecule has 1 aromatic heterocycles. The van der Waals surface area contributed by atoms with Crippen LogP contribution in [-0.4, -0.2) is 35.4 Å². The molecule has 2 atom stereocenters. The van der Waals surface area contributed by atoms with Gasteiger partial charge in [-0.25, -0.2) is 9.18 Å². The number of benzene rings is 2. The first kappa shape index (κ1) is 24.0. The lowest BCUT2D eigenvalue weighted by Crippen LogP contribution is -2.56. The van der Waals surface area contributed by atoms with E-state index in [2.05, 4.69) is 15.6 Å². The SMILES string of the molecule is CC(C)(C)[C@H](NC(=O)OCc1ccccc1)C(=O)NC(C=O)Cc1c[nH]c2ccc(F)cc12. The minimum atomic E-state index is -0.941. The summed E-state index contributed by atoms with van der Waals surface area (Å²) >= 11 is 0. The van der Waals surface area contributed by atoms with Crippen LogP contribution < -0.4 is 10.6 Å². The van der Waals surface area contributed by atoms with E-state index in [-0.39, 0.29) is 18.8 Å². The van der Waals surface area contributed by atoms with E-state index < -0.39 is 29.5 Å². The smallest absolute Gasteiger partial charge is 0.408 e. The van der Waals surface area contributed by atoms with E-state index in [1.54, 1.807) is 33.0 Å². The summed E-state index contributed by atoms with van der Waals surface area (Å²) in [6.07, 6.45) is 1.76. The topological polar surface area (TPSA) is 100 Å². The predicted octanol–water partition coefficient (Wildman–Crippen LogP) is 3.87. The highest BCUT2D eigenvalue weighted by molar-refractivity contribution is 5.89. The molecule has 1 unspecified atom stereocenters. The van der Waals surface area contributed by atoms with Crippen LogP contribution in [0.2, 0.25) is 0 Å². The normalized spacial score (nSPS) is 13.2. The lowest BCUT2D eigenvalue weighted by Gasteiger charge is -2.30. The minimum Gasteiger partial charge on any atom is -0.445 e. The van der Waals surface area contributed by atoms with Crippen LogP contribution in [0.1, 0.15) is 31.9 Å². The molecule has 0 spiro atoms. The van der Waals surface area contributed by atoms with Crippen molar-refractivity contribution < 1.29 is 23.5 Å². The van der Waals surface area contributed by atoms with Crippen LogP contribution in [0.15, 0.2) is 54.7 Å². The first-order valence-electron chi connectivity index (χ1n) is 10.7. The molecule has 0 fully saturated rings. The largest absolute Gasteiger partial charge is 0.445 e. The molecule has 33 heavy (non-hydrogen) atoms. The van der Waals surface area contributed by atoms with Crippen LogP contribution in [-0.2, 0) is 27.4 Å². The van der Waals surface area contributed by atoms with Crippen LogP contribution >= 0.6 is 0 Å². The van der Waals surface area contributed by atoms with Crippen molar-refractivity contribution in [1.29, 1.82) is 0 Å². The van der Waals surface area contributed by atoms with Gasteiger partial charge in [0.15, 0.2) is 0 Å². The number of aldehydes is 1. The fraction of sp³-hybridized carbons (Fsp3) is 0.320. The Balaban J connectivity index is 1.65. The van der Waals surface area contributed by atoms with Gasteiger partial charge < -0.3 is 25.1 Å². The predicted molar refractivity (Wildman–Crippen MR) is 123 cm³/mol. The third-order valence-electron chi connectivity index (χ3n) is 5.26. The highest BCUT2D eigenvalue weighted by Gasteiger charge is 2.34. The number of halogens is 1. The molecule has 0 aliphatic rings. The molecule has 3 rings (SSSR count). The first-order valence-corrected chi connectivity index (χ1v) is 10.7. The molecule has 0 radical (unpaired) electrons. The van der Waals surface area contributed by atoms with Crippen molar-refractivity contribution in [3.8, 4) is 0 Å². The first-order chi connectivity index (χ1) is 15.7. The van der Waals surface area contributed by atoms with E-state index in [0.717, 1.165) is 11.1 Å². The molecule has 0 saturated heterocycles. The van der Waals surface area contributed by atoms with Gasteiger partial charge in [-0.3, -0.25) is 4.79 Å². The Morgan fingerprint density at radius 1 is 1.12 bits per heavy atom. The molecule has 3 N–H and O–H groups in total. The van der Waals surface area contributed by atoms with Crippen molar-refractivity contribution in [2.75, 3.05) is 0 Å². The number of nitrogens with one attached hydrogen (secondary N) is 3. The zero-order valence-electron chi connectivity index (χ0n) is 18.9. The second-order valence-electron chi connectivity index (χ2n) is 8.96. The molecule has 0 saturated carbocycles. The van der Waals surface area contributed by atoms with Crippen molar-refractivity contribution in [3.05, 3.63) is 71.7 Å². The zero-order valence-corrected chi connectivity index (χ0v) is 18.9. The number of rotatable bonds is 8. The fourth-order valence-corrected chi connectivity index (χ4v) is 3.51. The Kier molecular flexibility index (Phi) is 7.48. The van der Waals surface area contributed by atoms with Gasteiger partial charge in [-0.15, -0.1) is 0 Å². The van der Waals surface area contributed by atoms with Crippen LogP contribution in [0, 0.1) is 11.2 Å². The van der Waals surface area contributed by atoms with Gasteiger partial charge in [0, 0.05) is 23.5 Å². The van der Waals surface area contributed by atoms with Gasteiger partial charge in [0.25, 0.3) is 0 Å². The second-order valence-corrected chi connectivity index (χ2v) is 8.96. The van der Waals surface area contributed by atoms with Gasteiger partial charge >= 0.3 is 6.09 Å². The number of aromatic nitrogens is 1. The quantitative estimate of drug-likeness (QED) is 0.451. The summed E-state index contributed by atoms with van der Waals surface area (Å²) in [6, 6.07) is 11.7. The molecular weight excluding hydrogens is 425 g/mol. The summed E-state index contributed by atoms with van der Waals surface area (Å²) in [7, 11) is 0. The molecule has 0 bridgehead atoms. The van der Waals surface area contributed by atoms with E-state index in [1.807, 2.05) is 30.3 Å². The van der Waals surface area contributed by atoms with Gasteiger partial charge in [0.05, 0.1) is 6.04 Å². The average Bonchev–Trinajstić information content (AvgIpc) is 3.17. The number of ether oxygens (including phenoxy) is 1. The molecule has 1 heterocycles. The van der Waals surface area contributed by atoms with Crippen molar-refractivity contribution in [2.24, 2.45) is 5.41 Å². The molecule has 7 nitrogen and oxygen atoms in total. The number of amides is 2. The summed E-state index contributed by atoms with van der Waals surface area (Å²) in [5.74, 6) is -0.900. The summed E-state index contributed by atoms with van der Waals surface area (Å²) in [5, 5.41) is 5.94. The Morgan fingerprint density at radius 2 is 1.85 bits per heavy atom. The number of carbonyl (C=O) groups excluding carboxylic acids is 3. The van der Waals surface area contributed by atoms with E-state index in [0.29, 0.717) is 17.2 Å². The summed E-state index contributed by atoms with van der Waals surface area (Å²) < 4.78 is 18.9. The zero-order chi connectivity index (χ0) is 24.0. The van der Waals surface area contributed by atoms with Crippen molar-refractivity contribution in [1.82, 2.24) is 15.6 Å². The molecule has 8 heteroatoms. The maximum atomic E-state index is 13.6. The van der Waals surface area contributed by atoms with Crippen molar-refractivity contribution in [3.63, 3.8) is 0 Å². The summed E-state index contributed by atoms with van der Waals surface area (Å²) in [5.41, 5.74) is 1.61. The average molecular weight is 454 g/mol. The number of H-pyrrole nitrogens is 1. The molecule has 3 aromatic rings. The van der Waals surface area contributed by atoms with Gasteiger partial charge in [-0.1, -0.05) is 51.1 Å². The Labute approximate surface area is 191 Å². The number of carbonyl (C=O) groups is 3. The molecule has 0 aliphatic carbocycles. The highest BCUT2D eigenvalue weighted by atomic mass is 19.1. The molecule has 174 valence electrons. The maximum Gasteiger partial charge on any atom is 0.408 e. The van der Waals surface area contributed by atoms with Crippen LogP contribution in [0.25, 0.3) is 10.9 Å². The highest BCUT2D eigenvalue weighted by Crippen LogP contribution is 2.22. The van der Waals surface area contributed by atoms with E-state index in [1.165, 1.54) is 12.1 Å². The van der Waals surface area contributed by atoms with Gasteiger partial charge in [0.2, 0.25) is 5.91 Å². The number of hydrogen-bond acceptors (Lipinski definition) is 4. The lowest BCUT2D eigenvalue weighted by atomic mass is 9.86. The van der Waals surface area contributed by atoms with Crippen LogP contribution in [0.4, 0.5) is 9.18 Å². The minimum absolute atomic E-state index is 0.0687. The van der Waals surface area contributed by atoms with Crippen LogP contribution in [0.3, 0.4) is 0 Å². The lowest BCUT2D eigenvalue weighted by molar-refractivity contribution is -0.127. The fourth-order valence-electron chi connectivity index (χ4n) is 3.51. The van der Waals surface area contributed by atoms with Gasteiger partial charge in [-0.2, -0.15) is 0 Å². The summed E-state index contributed by atoms with van der Waals surface area (Å²) in [4.78, 5) is 40.1. The molecular formula is C25H28FN3O4. The third-order valence-corrected chi connectivity index (χ3v) is 5.26. The Hall–Kier alpha value is -3.68. The monoisotopic (exact) mass is 453 g/mol. The van der Waals surface area contributed by atoms with Crippen molar-refractivity contribution >= 4 is 29.2 Å². The Bertz CT molecular complexity index is 1120. The molecule has 2 aromatic carbocycles.